The van der Waals surface area contributed by atoms with E-state index in [1.165, 1.54) is 123 Å². The molecular weight excluding hydrogens is 1890 g/mol. The van der Waals surface area contributed by atoms with Crippen molar-refractivity contribution in [3.63, 3.8) is 0 Å². The fourth-order valence-electron chi connectivity index (χ4n) is 12.9. The van der Waals surface area contributed by atoms with Gasteiger partial charge in [-0.2, -0.15) is 0 Å². The van der Waals surface area contributed by atoms with E-state index in [0.29, 0.717) is 34.1 Å². The summed E-state index contributed by atoms with van der Waals surface area (Å²) < 4.78 is 45.9. The summed E-state index contributed by atoms with van der Waals surface area (Å²) >= 11 is 0. The van der Waals surface area contributed by atoms with Crippen LogP contribution in [0.2, 0.25) is 0 Å². The molecule has 25 N–H and O–H groups in total. The average molecular weight is 1970 g/mol. The van der Waals surface area contributed by atoms with Crippen LogP contribution < -0.4 is 42.6 Å². The van der Waals surface area contributed by atoms with E-state index in [0.717, 1.165) is 91.0 Å². The Kier molecular flexibility index (Phi) is 34.0. The number of carbonyl (C=O) groups is 8. The fraction of sp³-hybridized carbons (Fsp3) is 0.0891. The van der Waals surface area contributed by atoms with Crippen molar-refractivity contribution in [1.82, 2.24) is 0 Å². The Balaban J connectivity index is 0.000000192. The molecule has 0 aliphatic carbocycles. The minimum atomic E-state index is -0.882. The monoisotopic (exact) mass is 1970 g/mol. The van der Waals surface area contributed by atoms with Crippen molar-refractivity contribution < 1.29 is 209 Å². The van der Waals surface area contributed by atoms with E-state index in [-0.39, 0.29) is 101 Å². The van der Waals surface area contributed by atoms with Crippen LogP contribution in [0.15, 0.2) is 206 Å². The van der Waals surface area contributed by atoms with Gasteiger partial charge < -0.3 is 170 Å². The highest BCUT2D eigenvalue weighted by Crippen LogP contribution is 2.49. The third kappa shape index (κ3) is 23.6. The van der Waals surface area contributed by atoms with Crippen molar-refractivity contribution >= 4 is 46.6 Å². The second kappa shape index (κ2) is 45.8. The van der Waals surface area contributed by atoms with Crippen LogP contribution in [-0.4, -0.2) is 224 Å². The van der Waals surface area contributed by atoms with Gasteiger partial charge in [-0.3, -0.25) is 28.8 Å². The number of methoxy groups -OCH3 is 7. The summed E-state index contributed by atoms with van der Waals surface area (Å²) in [4.78, 5) is 98.8. The first-order valence-corrected chi connectivity index (χ1v) is 40.5. The molecule has 0 atom stereocenters. The Morgan fingerprint density at radius 3 is 0.587 bits per heavy atom. The zero-order valence-corrected chi connectivity index (χ0v) is 75.8. The summed E-state index contributed by atoms with van der Waals surface area (Å²) in [6.07, 6.45) is 0. The van der Waals surface area contributed by atoms with Gasteiger partial charge >= 0.3 is 11.9 Å². The van der Waals surface area contributed by atoms with E-state index in [1.54, 1.807) is 56.3 Å². The van der Waals surface area contributed by atoms with Crippen LogP contribution in [0.5, 0.6) is 195 Å². The minimum Gasteiger partial charge on any atom is -0.504 e. The summed E-state index contributed by atoms with van der Waals surface area (Å²) in [7, 11) is 9.85. The smallest absolute Gasteiger partial charge is 0.343 e. The summed E-state index contributed by atoms with van der Waals surface area (Å²) in [6, 6.07) is 43.7. The molecule has 42 nitrogen and oxygen atoms in total. The first kappa shape index (κ1) is 106. The van der Waals surface area contributed by atoms with Crippen molar-refractivity contribution in [3.8, 4) is 195 Å². The number of carbonyl (C=O) groups excluding carboxylic acids is 8. The number of aryl methyl sites for hydroxylation is 2. The molecule has 0 bridgehead atoms. The van der Waals surface area contributed by atoms with Gasteiger partial charge in [0.25, 0.3) is 0 Å². The molecule has 14 rings (SSSR count). The molecule has 0 spiro atoms. The lowest BCUT2D eigenvalue weighted by Crippen LogP contribution is -2.09. The Morgan fingerprint density at radius 1 is 0.175 bits per heavy atom. The van der Waals surface area contributed by atoms with Crippen LogP contribution in [0.1, 0.15) is 127 Å². The lowest BCUT2D eigenvalue weighted by Gasteiger charge is -2.14. The van der Waals surface area contributed by atoms with Gasteiger partial charge in [-0.05, 0) is 183 Å². The number of esters is 2. The van der Waals surface area contributed by atoms with Gasteiger partial charge in [-0.25, -0.2) is 9.59 Å². The SMILES string of the molecule is COc1c(O)cc(C(=O)c2ccc(O)c(O)c2O)cc1O.COc1cc(C(=O)c2ccc(C)c(O)c2O)cc(OC)c1OC.COc1cc(C(=O)c2ccc(O)c(O)c2O)cc(OC)c1OC.Cc1ccc(C(=O)c2cc(O)c(OC(=O)c3ccccc3)c(O)c2)c(O)c1O.O=C(Oc1c(O)cc(C(=O)c2ccc(O)c(O)c2O)cc1O)c1ccccc1.O=C(c1cc(O)c(O)c(O)c1)c1ccc(O)c(O)c1O. The second-order valence-corrected chi connectivity index (χ2v) is 29.5. The quantitative estimate of drug-likeness (QED) is 0.0122. The summed E-state index contributed by atoms with van der Waals surface area (Å²) in [5, 5.41) is 241. The molecule has 0 radical (unpaired) electrons. The lowest BCUT2D eigenvalue weighted by atomic mass is 9.99. The molecule has 0 saturated heterocycles. The highest BCUT2D eigenvalue weighted by atomic mass is 16.6. The standard InChI is InChI=1S/C21H16O7.C20H14O8.C17H18O6.C16H16O7.C14H12O7.C13H10O7/c1-11-7-8-14(19(26)17(11)24)18(25)13-9-15(22)20(16(23)10-13)28-21(27)12-5-3-2-4-6-12;21-13-7-6-12(17(25)18(13)26)16(24)11-8-14(22)19(15(23)9-11)28-20(27)10-4-2-1-3-5-10;1-9-5-6-11(16(20)14(9)18)15(19)10-7-12(21-2)17(23-4)13(8-10)22-3;1-21-11-6-8(7-12(22-2)16(11)23-3)13(18)9-4-5-10(17)15(20)14(9)19;1-21-14-9(16)4-6(5-10(14)17)11(18)7-2-3-8(15)13(20)12(7)19;14-7-2-1-6(11(18)13(7)20)10(17)5-3-8(15)12(19)9(16)4-5/h2-10,22-24,26H,1H3;1-9,21-23,25-26H;5-8,18,20H,1-4H3;4-7,17,19-20H,1-3H3;2-5,15-17,19-20H,1H3;1-4,14-16,18-20H. The van der Waals surface area contributed by atoms with Gasteiger partial charge in [0.2, 0.25) is 51.7 Å². The van der Waals surface area contributed by atoms with Gasteiger partial charge in [0.05, 0.1) is 94.3 Å². The maximum absolute atomic E-state index is 12.6. The molecule has 0 amide bonds. The Labute approximate surface area is 806 Å². The molecule has 0 unspecified atom stereocenters. The maximum atomic E-state index is 12.6. The van der Waals surface area contributed by atoms with E-state index < -0.39 is 196 Å². The average Bonchev–Trinajstić information content (AvgIpc) is 0.808. The normalized spacial score (nSPS) is 10.4. The molecule has 143 heavy (non-hydrogen) atoms. The molecule has 14 aromatic carbocycles. The lowest BCUT2D eigenvalue weighted by molar-refractivity contribution is 0.0715. The van der Waals surface area contributed by atoms with Gasteiger partial charge in [0, 0.05) is 33.4 Å². The predicted molar refractivity (Wildman–Crippen MR) is 498 cm³/mol. The topological polar surface area (TPSA) is 725 Å². The van der Waals surface area contributed by atoms with Crippen LogP contribution in [-0.2, 0) is 0 Å². The number of phenolic OH excluding ortho intramolecular Hbond substituents is 25. The van der Waals surface area contributed by atoms with E-state index in [9.17, 15) is 161 Å². The number of ether oxygens (including phenoxy) is 9. The van der Waals surface area contributed by atoms with Gasteiger partial charge in [0.15, 0.2) is 178 Å². The molecule has 742 valence electrons. The number of rotatable bonds is 23. The highest BCUT2D eigenvalue weighted by molar-refractivity contribution is 6.16. The summed E-state index contributed by atoms with van der Waals surface area (Å²) in [5.41, 5.74) is -0.556. The molecular formula is C101H86O42. The van der Waals surface area contributed by atoms with Crippen LogP contribution in [0, 0.1) is 13.8 Å². The number of benzene rings is 14. The largest absolute Gasteiger partial charge is 0.504 e. The first-order valence-electron chi connectivity index (χ1n) is 40.5. The van der Waals surface area contributed by atoms with Gasteiger partial charge in [0.1, 0.15) is 0 Å². The van der Waals surface area contributed by atoms with E-state index in [2.05, 4.69) is 0 Å². The van der Waals surface area contributed by atoms with Crippen molar-refractivity contribution in [3.05, 3.63) is 295 Å². The number of ketones is 6. The molecule has 0 saturated carbocycles. The number of hydrogen-bond acceptors (Lipinski definition) is 42. The Morgan fingerprint density at radius 2 is 0.371 bits per heavy atom. The van der Waals surface area contributed by atoms with E-state index in [1.807, 2.05) is 0 Å². The van der Waals surface area contributed by atoms with Crippen LogP contribution in [0.3, 0.4) is 0 Å². The zero-order chi connectivity index (χ0) is 106. The molecule has 42 heteroatoms. The Hall–Kier alpha value is -20.4. The number of hydrogen-bond donors (Lipinski definition) is 25. The van der Waals surface area contributed by atoms with Crippen LogP contribution >= 0.6 is 0 Å². The van der Waals surface area contributed by atoms with Crippen LogP contribution in [0.4, 0.5) is 0 Å². The third-order valence-corrected chi connectivity index (χ3v) is 20.4. The fourth-order valence-corrected chi connectivity index (χ4v) is 12.9. The molecule has 0 aliphatic heterocycles. The molecule has 0 aromatic heterocycles. The van der Waals surface area contributed by atoms with Crippen molar-refractivity contribution in [1.29, 1.82) is 0 Å². The maximum Gasteiger partial charge on any atom is 0.343 e. The molecule has 14 aromatic rings. The summed E-state index contributed by atoms with van der Waals surface area (Å²) in [6.45, 7) is 3.18. The zero-order valence-electron chi connectivity index (χ0n) is 75.8. The first-order chi connectivity index (χ1) is 67.6. The minimum absolute atomic E-state index is 0.0117. The van der Waals surface area contributed by atoms with Crippen LogP contribution in [0.25, 0.3) is 0 Å². The summed E-state index contributed by atoms with van der Waals surface area (Å²) in [5.74, 6) is -21.7. The van der Waals surface area contributed by atoms with Gasteiger partial charge in [-0.1, -0.05) is 48.5 Å². The highest BCUT2D eigenvalue weighted by Gasteiger charge is 2.31. The predicted octanol–water partition coefficient (Wildman–Crippen LogP) is 13.3. The molecule has 0 fully saturated rings. The second-order valence-electron chi connectivity index (χ2n) is 29.5. The van der Waals surface area contributed by atoms with Crippen molar-refractivity contribution in [2.24, 2.45) is 0 Å². The van der Waals surface area contributed by atoms with E-state index >= 15 is 0 Å². The van der Waals surface area contributed by atoms with E-state index in [4.69, 9.17) is 47.7 Å². The number of aromatic hydroxyl groups is 25. The third-order valence-electron chi connectivity index (χ3n) is 20.4. The molecule has 0 aliphatic rings. The Bertz CT molecular complexity index is 6830. The molecule has 0 heterocycles. The van der Waals surface area contributed by atoms with Gasteiger partial charge in [-0.15, -0.1) is 0 Å². The number of phenols is 25. The van der Waals surface area contributed by atoms with Crippen molar-refractivity contribution in [2.75, 3.05) is 49.8 Å². The van der Waals surface area contributed by atoms with Crippen molar-refractivity contribution in [2.45, 2.75) is 13.8 Å².